The molecular weight excluding hydrogens is 352 g/mol. The average molecular weight is 368 g/mol. The van der Waals surface area contributed by atoms with Crippen LogP contribution in [0.5, 0.6) is 0 Å². The van der Waals surface area contributed by atoms with Crippen LogP contribution in [0.4, 0.5) is 5.13 Å². The lowest BCUT2D eigenvalue weighted by Crippen LogP contribution is -2.20. The fourth-order valence-corrected chi connectivity index (χ4v) is 3.83. The van der Waals surface area contributed by atoms with E-state index >= 15 is 0 Å². The molecule has 0 saturated carbocycles. The van der Waals surface area contributed by atoms with Gasteiger partial charge in [0.25, 0.3) is 0 Å². The van der Waals surface area contributed by atoms with E-state index in [1.807, 2.05) is 26.8 Å². The summed E-state index contributed by atoms with van der Waals surface area (Å²) < 4.78 is 11.2. The van der Waals surface area contributed by atoms with Gasteiger partial charge in [-0.25, -0.2) is 9.78 Å². The SMILES string of the molecule is Cc1coc2c1c(C)cc1oc(=O)c(CC(=O)Nc3nccs3)c(C)c12. The zero-order valence-electron chi connectivity index (χ0n) is 14.5. The van der Waals surface area contributed by atoms with Gasteiger partial charge in [-0.1, -0.05) is 0 Å². The van der Waals surface area contributed by atoms with Crippen molar-refractivity contribution in [2.75, 3.05) is 5.32 Å². The third kappa shape index (κ3) is 2.61. The highest BCUT2D eigenvalue weighted by molar-refractivity contribution is 7.13. The molecule has 0 aliphatic rings. The molecular formula is C19H16N2O4S. The highest BCUT2D eigenvalue weighted by Crippen LogP contribution is 2.34. The fraction of sp³-hybridized carbons (Fsp3) is 0.211. The Hall–Kier alpha value is -2.93. The van der Waals surface area contributed by atoms with Crippen molar-refractivity contribution in [3.05, 3.63) is 56.6 Å². The Morgan fingerprint density at radius 2 is 2.04 bits per heavy atom. The average Bonchev–Trinajstić information content (AvgIpc) is 3.21. The van der Waals surface area contributed by atoms with E-state index in [0.29, 0.717) is 27.4 Å². The highest BCUT2D eigenvalue weighted by atomic mass is 32.1. The van der Waals surface area contributed by atoms with Gasteiger partial charge in [0, 0.05) is 17.0 Å². The molecule has 4 aromatic rings. The second kappa shape index (κ2) is 6.10. The lowest BCUT2D eigenvalue weighted by molar-refractivity contribution is -0.115. The number of furan rings is 1. The van der Waals surface area contributed by atoms with E-state index < -0.39 is 5.63 Å². The number of anilines is 1. The summed E-state index contributed by atoms with van der Waals surface area (Å²) in [5.41, 5.74) is 3.67. The van der Waals surface area contributed by atoms with Gasteiger partial charge in [0.2, 0.25) is 5.91 Å². The van der Waals surface area contributed by atoms with Gasteiger partial charge in [0.1, 0.15) is 11.2 Å². The Morgan fingerprint density at radius 1 is 1.23 bits per heavy atom. The summed E-state index contributed by atoms with van der Waals surface area (Å²) in [6.07, 6.45) is 3.21. The number of fused-ring (bicyclic) bond motifs is 3. The van der Waals surface area contributed by atoms with E-state index in [1.165, 1.54) is 11.3 Å². The summed E-state index contributed by atoms with van der Waals surface area (Å²) in [6, 6.07) is 1.84. The first-order valence-corrected chi connectivity index (χ1v) is 8.96. The third-order valence-corrected chi connectivity index (χ3v) is 5.17. The maximum Gasteiger partial charge on any atom is 0.340 e. The Labute approximate surface area is 152 Å². The van der Waals surface area contributed by atoms with Crippen molar-refractivity contribution in [1.82, 2.24) is 4.98 Å². The summed E-state index contributed by atoms with van der Waals surface area (Å²) in [7, 11) is 0. The molecule has 0 aliphatic heterocycles. The van der Waals surface area contributed by atoms with E-state index in [0.717, 1.165) is 21.9 Å². The first-order chi connectivity index (χ1) is 12.5. The smallest absolute Gasteiger partial charge is 0.340 e. The van der Waals surface area contributed by atoms with Gasteiger partial charge in [0.05, 0.1) is 23.6 Å². The molecule has 0 spiro atoms. The van der Waals surface area contributed by atoms with Gasteiger partial charge in [-0.15, -0.1) is 11.3 Å². The number of aromatic nitrogens is 1. The number of thiazole rings is 1. The van der Waals surface area contributed by atoms with E-state index in [1.54, 1.807) is 17.8 Å². The van der Waals surface area contributed by atoms with Crippen LogP contribution in [-0.4, -0.2) is 10.9 Å². The van der Waals surface area contributed by atoms with Crippen LogP contribution < -0.4 is 10.9 Å². The van der Waals surface area contributed by atoms with Crippen LogP contribution in [0.25, 0.3) is 21.9 Å². The number of hydrogen-bond acceptors (Lipinski definition) is 6. The van der Waals surface area contributed by atoms with Crippen molar-refractivity contribution in [1.29, 1.82) is 0 Å². The number of nitrogens with one attached hydrogen (secondary N) is 1. The minimum absolute atomic E-state index is 0.0846. The minimum atomic E-state index is -0.508. The summed E-state index contributed by atoms with van der Waals surface area (Å²) in [6.45, 7) is 5.74. The predicted molar refractivity (Wildman–Crippen MR) is 101 cm³/mol. The van der Waals surface area contributed by atoms with Crippen molar-refractivity contribution < 1.29 is 13.6 Å². The van der Waals surface area contributed by atoms with E-state index in [4.69, 9.17) is 8.83 Å². The molecule has 1 aromatic carbocycles. The molecule has 0 unspecified atom stereocenters. The second-order valence-corrected chi connectivity index (χ2v) is 7.14. The topological polar surface area (TPSA) is 85.3 Å². The normalized spacial score (nSPS) is 11.3. The highest BCUT2D eigenvalue weighted by Gasteiger charge is 2.20. The summed E-state index contributed by atoms with van der Waals surface area (Å²) in [5, 5.41) is 6.69. The zero-order valence-corrected chi connectivity index (χ0v) is 15.3. The van der Waals surface area contributed by atoms with E-state index in [9.17, 15) is 9.59 Å². The molecule has 26 heavy (non-hydrogen) atoms. The number of nitrogens with zero attached hydrogens (tertiary/aromatic N) is 1. The largest absolute Gasteiger partial charge is 0.463 e. The van der Waals surface area contributed by atoms with Crippen LogP contribution in [0.15, 0.2) is 37.5 Å². The van der Waals surface area contributed by atoms with Gasteiger partial charge in [-0.2, -0.15) is 0 Å². The van der Waals surface area contributed by atoms with Crippen LogP contribution in [0.3, 0.4) is 0 Å². The molecule has 7 heteroatoms. The monoisotopic (exact) mass is 368 g/mol. The first-order valence-electron chi connectivity index (χ1n) is 8.08. The fourth-order valence-electron chi connectivity index (χ4n) is 3.29. The number of hydrogen-bond donors (Lipinski definition) is 1. The van der Waals surface area contributed by atoms with Crippen molar-refractivity contribution in [2.45, 2.75) is 27.2 Å². The molecule has 4 rings (SSSR count). The molecule has 0 aliphatic carbocycles. The van der Waals surface area contributed by atoms with Crippen LogP contribution in [0.2, 0.25) is 0 Å². The molecule has 0 atom stereocenters. The molecule has 1 amide bonds. The maximum atomic E-state index is 12.5. The molecule has 0 fully saturated rings. The number of amides is 1. The van der Waals surface area contributed by atoms with E-state index in [2.05, 4.69) is 10.3 Å². The van der Waals surface area contributed by atoms with Crippen molar-refractivity contribution in [2.24, 2.45) is 0 Å². The number of carbonyl (C=O) groups excluding carboxylic acids is 1. The lowest BCUT2D eigenvalue weighted by Gasteiger charge is -2.09. The van der Waals surface area contributed by atoms with Crippen LogP contribution in [0.1, 0.15) is 22.3 Å². The van der Waals surface area contributed by atoms with Crippen LogP contribution >= 0.6 is 11.3 Å². The van der Waals surface area contributed by atoms with Crippen molar-refractivity contribution in [3.63, 3.8) is 0 Å². The summed E-state index contributed by atoms with van der Waals surface area (Å²) in [4.78, 5) is 28.8. The Kier molecular flexibility index (Phi) is 3.88. The Balaban J connectivity index is 1.85. The molecule has 6 nitrogen and oxygen atoms in total. The van der Waals surface area contributed by atoms with Crippen LogP contribution in [-0.2, 0) is 11.2 Å². The second-order valence-electron chi connectivity index (χ2n) is 6.24. The van der Waals surface area contributed by atoms with Gasteiger partial charge >= 0.3 is 5.63 Å². The molecule has 3 heterocycles. The lowest BCUT2D eigenvalue weighted by atomic mass is 9.99. The third-order valence-electron chi connectivity index (χ3n) is 4.48. The number of aryl methyl sites for hydroxylation is 3. The summed E-state index contributed by atoms with van der Waals surface area (Å²) >= 11 is 1.32. The molecule has 1 N–H and O–H groups in total. The summed E-state index contributed by atoms with van der Waals surface area (Å²) in [5.74, 6) is -0.311. The van der Waals surface area contributed by atoms with Gasteiger partial charge in [0.15, 0.2) is 5.13 Å². The zero-order chi connectivity index (χ0) is 18.4. The molecule has 3 aromatic heterocycles. The van der Waals surface area contributed by atoms with Crippen LogP contribution in [0, 0.1) is 20.8 Å². The molecule has 0 bridgehead atoms. The van der Waals surface area contributed by atoms with Crippen molar-refractivity contribution >= 4 is 44.3 Å². The maximum absolute atomic E-state index is 12.5. The number of rotatable bonds is 3. The van der Waals surface area contributed by atoms with Crippen molar-refractivity contribution in [3.8, 4) is 0 Å². The van der Waals surface area contributed by atoms with Gasteiger partial charge < -0.3 is 14.2 Å². The van der Waals surface area contributed by atoms with Gasteiger partial charge in [-0.3, -0.25) is 4.79 Å². The molecule has 0 saturated heterocycles. The quantitative estimate of drug-likeness (QED) is 0.550. The van der Waals surface area contributed by atoms with Gasteiger partial charge in [-0.05, 0) is 43.5 Å². The molecule has 0 radical (unpaired) electrons. The molecule has 132 valence electrons. The Bertz CT molecular complexity index is 1200. The number of benzene rings is 1. The predicted octanol–water partition coefficient (Wildman–Crippen LogP) is 4.10. The van der Waals surface area contributed by atoms with E-state index in [-0.39, 0.29) is 12.3 Å². The first kappa shape index (κ1) is 16.5. The standard InChI is InChI=1S/C19H16N2O4S/c1-9-6-13-16(17-15(9)10(2)8-24-17)11(3)12(18(23)25-13)7-14(22)21-19-20-4-5-26-19/h4-6,8H,7H2,1-3H3,(H,20,21,22). The Morgan fingerprint density at radius 3 is 2.77 bits per heavy atom. The number of carbonyl (C=O) groups is 1. The minimum Gasteiger partial charge on any atom is -0.463 e.